The van der Waals surface area contributed by atoms with E-state index in [1.165, 1.54) is 4.88 Å². The van der Waals surface area contributed by atoms with Crippen LogP contribution in [0, 0.1) is 6.92 Å². The number of nitrogens with zero attached hydrogens (tertiary/aromatic N) is 2. The summed E-state index contributed by atoms with van der Waals surface area (Å²) in [6.45, 7) is 6.09. The van der Waals surface area contributed by atoms with Gasteiger partial charge in [0.15, 0.2) is 0 Å². The van der Waals surface area contributed by atoms with Crippen LogP contribution in [0.3, 0.4) is 0 Å². The van der Waals surface area contributed by atoms with E-state index in [2.05, 4.69) is 22.4 Å². The van der Waals surface area contributed by atoms with Gasteiger partial charge < -0.3 is 16.3 Å². The molecule has 0 fully saturated rings. The Hall–Kier alpha value is -1.14. The third-order valence-electron chi connectivity index (χ3n) is 2.19. The summed E-state index contributed by atoms with van der Waals surface area (Å²) in [5, 5.41) is 15.8. The van der Waals surface area contributed by atoms with E-state index in [0.717, 1.165) is 5.01 Å². The molecule has 0 radical (unpaired) electrons. The van der Waals surface area contributed by atoms with Crippen LogP contribution >= 0.6 is 11.3 Å². The van der Waals surface area contributed by atoms with Crippen LogP contribution in [0.1, 0.15) is 36.2 Å². The number of aryl methyl sites for hydroxylation is 1. The largest absolute Gasteiger partial charge is 0.409 e. The van der Waals surface area contributed by atoms with E-state index in [4.69, 9.17) is 10.9 Å². The molecular weight excluding hydrogens is 224 g/mol. The number of nitrogens with two attached hydrogens (primary N) is 1. The lowest BCUT2D eigenvalue weighted by Gasteiger charge is -2.17. The lowest BCUT2D eigenvalue weighted by atomic mass is 10.2. The number of rotatable bonds is 5. The zero-order valence-electron chi connectivity index (χ0n) is 9.77. The molecule has 5 nitrogen and oxygen atoms in total. The minimum absolute atomic E-state index is 0.148. The molecule has 4 N–H and O–H groups in total. The number of thiazole rings is 1. The monoisotopic (exact) mass is 242 g/mol. The van der Waals surface area contributed by atoms with E-state index in [0.29, 0.717) is 6.42 Å². The average molecular weight is 242 g/mol. The summed E-state index contributed by atoms with van der Waals surface area (Å²) in [4.78, 5) is 5.51. The van der Waals surface area contributed by atoms with Crippen LogP contribution in [0.5, 0.6) is 0 Å². The van der Waals surface area contributed by atoms with Crippen LogP contribution in [0.15, 0.2) is 11.4 Å². The lowest BCUT2D eigenvalue weighted by Crippen LogP contribution is -2.33. The Kier molecular flexibility index (Phi) is 4.70. The molecule has 0 spiro atoms. The van der Waals surface area contributed by atoms with Crippen molar-refractivity contribution in [1.29, 1.82) is 0 Å². The minimum Gasteiger partial charge on any atom is -0.409 e. The second kappa shape index (κ2) is 5.81. The van der Waals surface area contributed by atoms with Gasteiger partial charge in [-0.1, -0.05) is 5.16 Å². The zero-order valence-corrected chi connectivity index (χ0v) is 10.6. The summed E-state index contributed by atoms with van der Waals surface area (Å²) in [5.74, 6) is 0.238. The molecule has 6 heteroatoms. The fraction of sp³-hybridized carbons (Fsp3) is 0.600. The topological polar surface area (TPSA) is 83.5 Å². The van der Waals surface area contributed by atoms with Crippen molar-refractivity contribution in [2.24, 2.45) is 10.9 Å². The van der Waals surface area contributed by atoms with Gasteiger partial charge in [-0.25, -0.2) is 4.98 Å². The van der Waals surface area contributed by atoms with Crippen molar-refractivity contribution in [2.45, 2.75) is 39.3 Å². The third-order valence-corrected chi connectivity index (χ3v) is 3.28. The highest BCUT2D eigenvalue weighted by atomic mass is 32.1. The van der Waals surface area contributed by atoms with Crippen molar-refractivity contribution < 1.29 is 5.21 Å². The summed E-state index contributed by atoms with van der Waals surface area (Å²) in [6, 6.07) is 0.329. The van der Waals surface area contributed by atoms with Crippen LogP contribution in [0.25, 0.3) is 0 Å². The molecule has 0 saturated heterocycles. The number of aromatic nitrogens is 1. The van der Waals surface area contributed by atoms with Gasteiger partial charge in [0.05, 0.1) is 6.04 Å². The lowest BCUT2D eigenvalue weighted by molar-refractivity contribution is 0.315. The van der Waals surface area contributed by atoms with Crippen molar-refractivity contribution >= 4 is 17.2 Å². The van der Waals surface area contributed by atoms with Gasteiger partial charge in [0, 0.05) is 23.5 Å². The molecule has 2 atom stereocenters. The molecule has 0 aliphatic rings. The first-order valence-corrected chi connectivity index (χ1v) is 5.99. The first kappa shape index (κ1) is 12.9. The number of hydrogen-bond donors (Lipinski definition) is 3. The first-order chi connectivity index (χ1) is 7.52. The Balaban J connectivity index is 2.48. The van der Waals surface area contributed by atoms with Crippen LogP contribution in [0.2, 0.25) is 0 Å². The Morgan fingerprint density at radius 3 is 2.88 bits per heavy atom. The van der Waals surface area contributed by atoms with Crippen molar-refractivity contribution in [3.05, 3.63) is 16.1 Å². The summed E-state index contributed by atoms with van der Waals surface area (Å²) in [7, 11) is 0. The van der Waals surface area contributed by atoms with Crippen molar-refractivity contribution in [3.63, 3.8) is 0 Å². The molecule has 0 saturated carbocycles. The van der Waals surface area contributed by atoms with Gasteiger partial charge in [-0.15, -0.1) is 11.3 Å². The van der Waals surface area contributed by atoms with E-state index >= 15 is 0 Å². The smallest absolute Gasteiger partial charge is 0.140 e. The Morgan fingerprint density at radius 1 is 1.69 bits per heavy atom. The Labute approximate surface area is 99.4 Å². The molecule has 0 aliphatic heterocycles. The molecule has 0 amide bonds. The van der Waals surface area contributed by atoms with E-state index in [1.807, 2.05) is 20.0 Å². The molecule has 1 aromatic rings. The standard InChI is InChI=1S/C10H18N4OS/c1-6(4-9(11)14-15)13-8(3)10-12-5-7(2)16-10/h5-6,8,13,15H,4H2,1-3H3,(H2,11,14). The molecule has 1 rings (SSSR count). The molecule has 2 unspecified atom stereocenters. The zero-order chi connectivity index (χ0) is 12.1. The van der Waals surface area contributed by atoms with Crippen molar-refractivity contribution in [3.8, 4) is 0 Å². The van der Waals surface area contributed by atoms with Crippen molar-refractivity contribution in [1.82, 2.24) is 10.3 Å². The van der Waals surface area contributed by atoms with Crippen LogP contribution in [-0.4, -0.2) is 22.1 Å². The predicted molar refractivity (Wildman–Crippen MR) is 65.9 cm³/mol. The van der Waals surface area contributed by atoms with Gasteiger partial charge >= 0.3 is 0 Å². The second-order valence-electron chi connectivity index (χ2n) is 3.89. The minimum atomic E-state index is 0.148. The Bertz CT molecular complexity index is 363. The third kappa shape index (κ3) is 3.79. The highest BCUT2D eigenvalue weighted by Crippen LogP contribution is 2.19. The maximum atomic E-state index is 8.46. The molecular formula is C10H18N4OS. The summed E-state index contributed by atoms with van der Waals surface area (Å²) in [6.07, 6.45) is 2.39. The van der Waals surface area contributed by atoms with Crippen molar-refractivity contribution in [2.75, 3.05) is 0 Å². The maximum Gasteiger partial charge on any atom is 0.140 e. The highest BCUT2D eigenvalue weighted by Gasteiger charge is 2.13. The van der Waals surface area contributed by atoms with E-state index in [1.54, 1.807) is 11.3 Å². The summed E-state index contributed by atoms with van der Waals surface area (Å²) < 4.78 is 0. The second-order valence-corrected chi connectivity index (χ2v) is 5.16. The molecule has 0 aliphatic carbocycles. The average Bonchev–Trinajstić information content (AvgIpc) is 2.64. The predicted octanol–water partition coefficient (Wildman–Crippen LogP) is 1.63. The van der Waals surface area contributed by atoms with E-state index < -0.39 is 0 Å². The summed E-state index contributed by atoms with van der Waals surface area (Å²) in [5.41, 5.74) is 5.44. The van der Waals surface area contributed by atoms with Crippen LogP contribution in [0.4, 0.5) is 0 Å². The fourth-order valence-electron chi connectivity index (χ4n) is 1.48. The van der Waals surface area contributed by atoms with Gasteiger partial charge in [0.25, 0.3) is 0 Å². The van der Waals surface area contributed by atoms with Crippen LogP contribution < -0.4 is 11.1 Å². The van der Waals surface area contributed by atoms with E-state index in [9.17, 15) is 0 Å². The fourth-order valence-corrected chi connectivity index (χ4v) is 2.27. The highest BCUT2D eigenvalue weighted by molar-refractivity contribution is 7.11. The SMILES string of the molecule is Cc1cnc(C(C)NC(C)C/C(N)=N/O)s1. The molecule has 0 bridgehead atoms. The van der Waals surface area contributed by atoms with E-state index in [-0.39, 0.29) is 17.9 Å². The molecule has 90 valence electrons. The first-order valence-electron chi connectivity index (χ1n) is 5.17. The molecule has 1 aromatic heterocycles. The number of amidine groups is 1. The molecule has 0 aromatic carbocycles. The van der Waals surface area contributed by atoms with Gasteiger partial charge in [0.1, 0.15) is 10.8 Å². The number of hydrogen-bond acceptors (Lipinski definition) is 5. The van der Waals surface area contributed by atoms with Gasteiger partial charge in [-0.2, -0.15) is 0 Å². The maximum absolute atomic E-state index is 8.46. The van der Waals surface area contributed by atoms with Gasteiger partial charge in [0.2, 0.25) is 0 Å². The normalized spacial score (nSPS) is 16.1. The molecule has 16 heavy (non-hydrogen) atoms. The van der Waals surface area contributed by atoms with Gasteiger partial charge in [-0.05, 0) is 20.8 Å². The molecule has 1 heterocycles. The number of nitrogens with one attached hydrogen (secondary N) is 1. The summed E-state index contributed by atoms with van der Waals surface area (Å²) >= 11 is 1.68. The Morgan fingerprint density at radius 2 is 2.38 bits per heavy atom. The number of oxime groups is 1. The van der Waals surface area contributed by atoms with Gasteiger partial charge in [-0.3, -0.25) is 0 Å². The van der Waals surface area contributed by atoms with Crippen LogP contribution in [-0.2, 0) is 0 Å². The quantitative estimate of drug-likeness (QED) is 0.317.